The van der Waals surface area contributed by atoms with Crippen molar-refractivity contribution < 1.29 is 0 Å². The largest absolute Gasteiger partial charge is 0.0871 e. The summed E-state index contributed by atoms with van der Waals surface area (Å²) in [6.45, 7) is 0. The van der Waals surface area contributed by atoms with Crippen LogP contribution in [0.4, 0.5) is 0 Å². The Labute approximate surface area is 41.0 Å². The summed E-state index contributed by atoms with van der Waals surface area (Å²) < 4.78 is 0. The highest BCUT2D eigenvalue weighted by molar-refractivity contribution is 6.22. The van der Waals surface area contributed by atoms with E-state index < -0.39 is 0 Å². The van der Waals surface area contributed by atoms with E-state index in [-0.39, 0.29) is 0 Å². The predicted octanol–water partition coefficient (Wildman–Crippen LogP) is 0.463. The van der Waals surface area contributed by atoms with Crippen molar-refractivity contribution in [2.75, 3.05) is 0 Å². The lowest BCUT2D eigenvalue weighted by Gasteiger charge is -1.78. The molecule has 0 saturated heterocycles. The summed E-state index contributed by atoms with van der Waals surface area (Å²) >= 11 is 0. The lowest BCUT2D eigenvalue weighted by molar-refractivity contribution is 1.41. The Morgan fingerprint density at radius 3 is 2.67 bits per heavy atom. The third-order valence-corrected chi connectivity index (χ3v) is 1.37. The summed E-state index contributed by atoms with van der Waals surface area (Å²) in [6, 6.07) is 0. The quantitative estimate of drug-likeness (QED) is 0.383. The molecule has 0 bridgehead atoms. The summed E-state index contributed by atoms with van der Waals surface area (Å²) in [5.74, 6) is 0. The molecule has 0 amide bonds. The van der Waals surface area contributed by atoms with Crippen LogP contribution in [0.5, 0.6) is 0 Å². The van der Waals surface area contributed by atoms with Gasteiger partial charge in [0.1, 0.15) is 0 Å². The lowest BCUT2D eigenvalue weighted by Crippen LogP contribution is -1.68. The molecule has 0 N–H and O–H groups in total. The van der Waals surface area contributed by atoms with Crippen molar-refractivity contribution in [1.82, 2.24) is 0 Å². The molecule has 0 saturated carbocycles. The van der Waals surface area contributed by atoms with Gasteiger partial charge in [-0.25, -0.2) is 0 Å². The van der Waals surface area contributed by atoms with Crippen molar-refractivity contribution >= 4 is 10.2 Å². The van der Waals surface area contributed by atoms with Crippen LogP contribution in [0.25, 0.3) is 0 Å². The molecule has 0 aliphatic heterocycles. The molecule has 6 heavy (non-hydrogen) atoms. The van der Waals surface area contributed by atoms with Gasteiger partial charge in [-0.2, -0.15) is 0 Å². The van der Waals surface area contributed by atoms with Crippen molar-refractivity contribution in [2.24, 2.45) is 0 Å². The first-order valence-electron chi connectivity index (χ1n) is 2.07. The molecular weight excluding hydrogens is 88.1 g/mol. The highest BCUT2D eigenvalue weighted by Gasteiger charge is 1.86. The van der Waals surface area contributed by atoms with Crippen LogP contribution < -0.4 is 0 Å². The van der Waals surface area contributed by atoms with Crippen LogP contribution in [-0.2, 0) is 0 Å². The van der Waals surface area contributed by atoms with Gasteiger partial charge in [-0.05, 0) is 6.42 Å². The molecule has 0 fully saturated rings. The van der Waals surface area contributed by atoms with Crippen LogP contribution in [-0.4, -0.2) is 10.2 Å². The maximum Gasteiger partial charge on any atom is 0.0426 e. The van der Waals surface area contributed by atoms with E-state index in [0.29, 0.717) is 0 Å². The first-order chi connectivity index (χ1) is 2.89. The number of rotatable bonds is 0. The topological polar surface area (TPSA) is 0 Å². The van der Waals surface area contributed by atoms with Crippen molar-refractivity contribution in [3.8, 4) is 0 Å². The minimum atomic E-state index is 1.18. The molecule has 0 aromatic heterocycles. The average molecular weight is 95.2 g/mol. The van der Waals surface area contributed by atoms with Crippen LogP contribution in [0.15, 0.2) is 23.4 Å². The van der Waals surface area contributed by atoms with Gasteiger partial charge in [-0.15, -0.1) is 0 Å². The van der Waals surface area contributed by atoms with E-state index >= 15 is 0 Å². The minimum absolute atomic E-state index is 1.18. The molecule has 0 heterocycles. The van der Waals surface area contributed by atoms with Crippen LogP contribution in [0.1, 0.15) is 6.42 Å². The van der Waals surface area contributed by atoms with Gasteiger partial charge in [0.25, 0.3) is 0 Å². The number of allylic oxidation sites excluding steroid dienone is 4. The molecule has 1 aliphatic carbocycles. The molecule has 0 spiro atoms. The summed E-state index contributed by atoms with van der Waals surface area (Å²) in [4.78, 5) is 0. The predicted molar refractivity (Wildman–Crippen MR) is 30.4 cm³/mol. The van der Waals surface area contributed by atoms with Crippen LogP contribution in [0, 0.1) is 0 Å². The third-order valence-electron chi connectivity index (χ3n) is 0.848. The summed E-state index contributed by atoms with van der Waals surface area (Å²) in [5.41, 5.74) is 0. The van der Waals surface area contributed by atoms with Crippen molar-refractivity contribution in [3.05, 3.63) is 23.4 Å². The van der Waals surface area contributed by atoms with Gasteiger partial charge in [0.05, 0.1) is 0 Å². The highest BCUT2D eigenvalue weighted by atomic mass is 28.1. The molecule has 1 heteroatoms. The van der Waals surface area contributed by atoms with Crippen molar-refractivity contribution in [1.29, 1.82) is 0 Å². The molecule has 1 radical (unpaired) electrons. The smallest absolute Gasteiger partial charge is 0.0426 e. The molecule has 0 nitrogen and oxygen atoms in total. The fourth-order valence-electron chi connectivity index (χ4n) is 0.492. The second-order valence-corrected chi connectivity index (χ2v) is 2.37. The van der Waals surface area contributed by atoms with Crippen LogP contribution >= 0.6 is 0 Å². The molecule has 1 aliphatic rings. The summed E-state index contributed by atoms with van der Waals surface area (Å²) in [7, 11) is 1.96. The number of hydrogen-bond acceptors (Lipinski definition) is 0. The van der Waals surface area contributed by atoms with E-state index in [0.717, 1.165) is 0 Å². The Morgan fingerprint density at radius 1 is 1.67 bits per heavy atom. The second kappa shape index (κ2) is 1.43. The Morgan fingerprint density at radius 2 is 2.50 bits per heavy atom. The van der Waals surface area contributed by atoms with E-state index in [1.807, 2.05) is 10.2 Å². The van der Waals surface area contributed by atoms with E-state index in [2.05, 4.69) is 18.2 Å². The Kier molecular flexibility index (Phi) is 0.924. The molecule has 31 valence electrons. The zero-order chi connectivity index (χ0) is 4.41. The van der Waals surface area contributed by atoms with Gasteiger partial charge >= 0.3 is 0 Å². The molecule has 0 aromatic carbocycles. The zero-order valence-corrected chi connectivity index (χ0v) is 5.06. The van der Waals surface area contributed by atoms with Gasteiger partial charge in [0, 0.05) is 10.2 Å². The first kappa shape index (κ1) is 3.87. The Balaban J connectivity index is 2.61. The SMILES string of the molecule is [SiH2]C1=CC=CC1. The summed E-state index contributed by atoms with van der Waals surface area (Å²) in [5, 5.41) is 1.50. The second-order valence-electron chi connectivity index (χ2n) is 1.46. The molecular formula is C5H7Si. The molecule has 0 aromatic rings. The van der Waals surface area contributed by atoms with Gasteiger partial charge in [-0.3, -0.25) is 0 Å². The highest BCUT2D eigenvalue weighted by Crippen LogP contribution is 2.03. The maximum absolute atomic E-state index is 2.17. The first-order valence-corrected chi connectivity index (χ1v) is 2.78. The lowest BCUT2D eigenvalue weighted by atomic mass is 10.5. The van der Waals surface area contributed by atoms with E-state index in [1.54, 1.807) is 0 Å². The van der Waals surface area contributed by atoms with E-state index in [1.165, 1.54) is 11.6 Å². The average Bonchev–Trinajstić information content (AvgIpc) is 1.86. The summed E-state index contributed by atoms with van der Waals surface area (Å²) in [6.07, 6.45) is 7.60. The van der Waals surface area contributed by atoms with Gasteiger partial charge in [0.2, 0.25) is 0 Å². The Bertz CT molecular complexity index is 101. The number of hydrogen-bond donors (Lipinski definition) is 0. The van der Waals surface area contributed by atoms with Gasteiger partial charge in [-0.1, -0.05) is 23.4 Å². The monoisotopic (exact) mass is 95.0 g/mol. The van der Waals surface area contributed by atoms with Gasteiger partial charge < -0.3 is 0 Å². The fraction of sp³-hybridized carbons (Fsp3) is 0.200. The Hall–Kier alpha value is -0.303. The molecule has 0 unspecified atom stereocenters. The normalized spacial score (nSPS) is 18.5. The van der Waals surface area contributed by atoms with Gasteiger partial charge in [0.15, 0.2) is 0 Å². The minimum Gasteiger partial charge on any atom is -0.0871 e. The third kappa shape index (κ3) is 0.600. The van der Waals surface area contributed by atoms with E-state index in [9.17, 15) is 0 Å². The van der Waals surface area contributed by atoms with Crippen LogP contribution in [0.3, 0.4) is 0 Å². The molecule has 1 rings (SSSR count). The zero-order valence-electron chi connectivity index (χ0n) is 3.65. The fourth-order valence-corrected chi connectivity index (χ4v) is 0.794. The standard InChI is InChI=1S/C5H7Si/c6-5-3-1-2-4-5/h1-3H,4,6H2. The van der Waals surface area contributed by atoms with Crippen molar-refractivity contribution in [3.63, 3.8) is 0 Å². The maximum atomic E-state index is 2.17. The molecule has 0 atom stereocenters. The van der Waals surface area contributed by atoms with E-state index in [4.69, 9.17) is 0 Å². The van der Waals surface area contributed by atoms with Crippen LogP contribution in [0.2, 0.25) is 0 Å². The van der Waals surface area contributed by atoms with Crippen molar-refractivity contribution in [2.45, 2.75) is 6.42 Å².